The van der Waals surface area contributed by atoms with Crippen LogP contribution in [0.2, 0.25) is 0 Å². The summed E-state index contributed by atoms with van der Waals surface area (Å²) in [4.78, 5) is 0. The molecule has 1 rings (SSSR count). The van der Waals surface area contributed by atoms with Crippen molar-refractivity contribution in [1.82, 2.24) is 5.32 Å². The Labute approximate surface area is 109 Å². The number of alkyl halides is 2. The maximum atomic E-state index is 13.8. The number of nitrogens with one attached hydrogen (secondary N) is 1. The van der Waals surface area contributed by atoms with Gasteiger partial charge in [0.05, 0.1) is 6.54 Å². The van der Waals surface area contributed by atoms with Gasteiger partial charge < -0.3 is 5.32 Å². The molecule has 0 saturated heterocycles. The van der Waals surface area contributed by atoms with E-state index >= 15 is 0 Å². The van der Waals surface area contributed by atoms with E-state index in [2.05, 4.69) is 26.1 Å². The van der Waals surface area contributed by atoms with E-state index in [4.69, 9.17) is 0 Å². The molecule has 0 unspecified atom stereocenters. The molecular formula is C15H23F2N. The molecule has 0 spiro atoms. The monoisotopic (exact) mass is 255 g/mol. The molecule has 0 radical (unpaired) electrons. The second-order valence-corrected chi connectivity index (χ2v) is 5.71. The number of hydrogen-bond donors (Lipinski definition) is 1. The maximum absolute atomic E-state index is 13.8. The van der Waals surface area contributed by atoms with E-state index in [0.29, 0.717) is 6.54 Å². The lowest BCUT2D eigenvalue weighted by Gasteiger charge is -2.21. The summed E-state index contributed by atoms with van der Waals surface area (Å²) < 4.78 is 27.7. The van der Waals surface area contributed by atoms with Gasteiger partial charge in [0.25, 0.3) is 5.92 Å². The van der Waals surface area contributed by atoms with E-state index in [-0.39, 0.29) is 17.5 Å². The summed E-state index contributed by atoms with van der Waals surface area (Å²) in [5, 5.41) is 2.77. The van der Waals surface area contributed by atoms with E-state index in [1.165, 1.54) is 12.1 Å². The van der Waals surface area contributed by atoms with Crippen LogP contribution in [0.15, 0.2) is 24.3 Å². The van der Waals surface area contributed by atoms with Crippen molar-refractivity contribution < 1.29 is 8.78 Å². The van der Waals surface area contributed by atoms with Gasteiger partial charge in [-0.15, -0.1) is 0 Å². The number of rotatable bonds is 5. The van der Waals surface area contributed by atoms with Crippen LogP contribution in [0.4, 0.5) is 8.78 Å². The summed E-state index contributed by atoms with van der Waals surface area (Å²) >= 11 is 0. The molecule has 0 heterocycles. The van der Waals surface area contributed by atoms with Crippen molar-refractivity contribution in [2.75, 3.05) is 13.1 Å². The van der Waals surface area contributed by atoms with Gasteiger partial charge in [-0.25, -0.2) is 0 Å². The van der Waals surface area contributed by atoms with Crippen LogP contribution in [0, 0.1) is 0 Å². The predicted molar refractivity (Wildman–Crippen MR) is 72.2 cm³/mol. The topological polar surface area (TPSA) is 12.0 Å². The molecule has 0 fully saturated rings. The van der Waals surface area contributed by atoms with Gasteiger partial charge in [0.2, 0.25) is 0 Å². The molecule has 1 aromatic rings. The molecule has 18 heavy (non-hydrogen) atoms. The predicted octanol–water partition coefficient (Wildman–Crippen LogP) is 4.08. The number of benzene rings is 1. The third kappa shape index (κ3) is 4.05. The van der Waals surface area contributed by atoms with Crippen LogP contribution in [0.25, 0.3) is 0 Å². The Morgan fingerprint density at radius 1 is 1.00 bits per heavy atom. The first-order valence-electron chi connectivity index (χ1n) is 6.47. The van der Waals surface area contributed by atoms with Crippen molar-refractivity contribution in [1.29, 1.82) is 0 Å². The second-order valence-electron chi connectivity index (χ2n) is 5.71. The van der Waals surface area contributed by atoms with Crippen LogP contribution in [0.3, 0.4) is 0 Å². The van der Waals surface area contributed by atoms with Crippen LogP contribution in [-0.4, -0.2) is 13.1 Å². The Balaban J connectivity index is 2.77. The molecule has 1 N–H and O–H groups in total. The molecule has 0 bridgehead atoms. The number of halogens is 2. The molecule has 0 aliphatic rings. The molecule has 0 atom stereocenters. The molecule has 1 nitrogen and oxygen atoms in total. The first kappa shape index (κ1) is 15.1. The summed E-state index contributed by atoms with van der Waals surface area (Å²) in [5.41, 5.74) is 1.15. The molecule has 0 aromatic heterocycles. The average molecular weight is 255 g/mol. The zero-order valence-corrected chi connectivity index (χ0v) is 11.7. The van der Waals surface area contributed by atoms with Gasteiger partial charge in [-0.3, -0.25) is 0 Å². The van der Waals surface area contributed by atoms with Crippen molar-refractivity contribution in [3.63, 3.8) is 0 Å². The Kier molecular flexibility index (Phi) is 4.85. The highest BCUT2D eigenvalue weighted by Crippen LogP contribution is 2.29. The highest BCUT2D eigenvalue weighted by molar-refractivity contribution is 5.30. The normalized spacial score (nSPS) is 12.8. The Bertz CT molecular complexity index is 363. The SMILES string of the molecule is CCCNCC(F)(F)c1ccc(C(C)(C)C)cc1. The summed E-state index contributed by atoms with van der Waals surface area (Å²) in [7, 11) is 0. The molecule has 0 saturated carbocycles. The average Bonchev–Trinajstić information content (AvgIpc) is 2.28. The summed E-state index contributed by atoms with van der Waals surface area (Å²) in [6, 6.07) is 6.66. The Morgan fingerprint density at radius 2 is 1.50 bits per heavy atom. The minimum absolute atomic E-state index is 0.00568. The highest BCUT2D eigenvalue weighted by Gasteiger charge is 2.31. The third-order valence-electron chi connectivity index (χ3n) is 2.95. The van der Waals surface area contributed by atoms with Crippen molar-refractivity contribution in [3.8, 4) is 0 Å². The van der Waals surface area contributed by atoms with Gasteiger partial charge in [-0.2, -0.15) is 8.78 Å². The standard InChI is InChI=1S/C15H23F2N/c1-5-10-18-11-15(16,17)13-8-6-12(7-9-13)14(2,3)4/h6-9,18H,5,10-11H2,1-4H3. The quantitative estimate of drug-likeness (QED) is 0.782. The van der Waals surface area contributed by atoms with Gasteiger partial charge in [0, 0.05) is 5.56 Å². The van der Waals surface area contributed by atoms with Gasteiger partial charge >= 0.3 is 0 Å². The first-order valence-corrected chi connectivity index (χ1v) is 6.47. The molecule has 1 aromatic carbocycles. The van der Waals surface area contributed by atoms with Crippen molar-refractivity contribution in [2.45, 2.75) is 45.5 Å². The van der Waals surface area contributed by atoms with Crippen LogP contribution in [-0.2, 0) is 11.3 Å². The fourth-order valence-electron chi connectivity index (χ4n) is 1.74. The fourth-order valence-corrected chi connectivity index (χ4v) is 1.74. The van der Waals surface area contributed by atoms with Crippen LogP contribution in [0.1, 0.15) is 45.2 Å². The Hall–Kier alpha value is -0.960. The summed E-state index contributed by atoms with van der Waals surface area (Å²) in [6.45, 7) is 8.50. The van der Waals surface area contributed by atoms with Crippen molar-refractivity contribution in [3.05, 3.63) is 35.4 Å². The lowest BCUT2D eigenvalue weighted by Crippen LogP contribution is -2.31. The highest BCUT2D eigenvalue weighted by atomic mass is 19.3. The van der Waals surface area contributed by atoms with E-state index < -0.39 is 5.92 Å². The summed E-state index contributed by atoms with van der Waals surface area (Å²) in [5.74, 6) is -2.80. The van der Waals surface area contributed by atoms with E-state index in [1.54, 1.807) is 12.1 Å². The zero-order valence-electron chi connectivity index (χ0n) is 11.7. The first-order chi connectivity index (χ1) is 8.27. The molecule has 0 aliphatic heterocycles. The summed E-state index contributed by atoms with van der Waals surface area (Å²) in [6.07, 6.45) is 0.860. The molecule has 0 aliphatic carbocycles. The van der Waals surface area contributed by atoms with Crippen molar-refractivity contribution in [2.24, 2.45) is 0 Å². The molecule has 3 heteroatoms. The van der Waals surface area contributed by atoms with Crippen LogP contribution >= 0.6 is 0 Å². The molecule has 0 amide bonds. The number of hydrogen-bond acceptors (Lipinski definition) is 1. The van der Waals surface area contributed by atoms with Gasteiger partial charge in [0.15, 0.2) is 0 Å². The third-order valence-corrected chi connectivity index (χ3v) is 2.95. The largest absolute Gasteiger partial charge is 0.311 e. The van der Waals surface area contributed by atoms with Gasteiger partial charge in [-0.05, 0) is 23.9 Å². The zero-order chi connectivity index (χ0) is 13.8. The fraction of sp³-hybridized carbons (Fsp3) is 0.600. The van der Waals surface area contributed by atoms with Gasteiger partial charge in [0.1, 0.15) is 0 Å². The minimum Gasteiger partial charge on any atom is -0.311 e. The molecular weight excluding hydrogens is 232 g/mol. The van der Waals surface area contributed by atoms with E-state index in [9.17, 15) is 8.78 Å². The van der Waals surface area contributed by atoms with Crippen LogP contribution in [0.5, 0.6) is 0 Å². The van der Waals surface area contributed by atoms with Crippen molar-refractivity contribution >= 4 is 0 Å². The Morgan fingerprint density at radius 3 is 1.94 bits per heavy atom. The van der Waals surface area contributed by atoms with Crippen LogP contribution < -0.4 is 5.32 Å². The van der Waals surface area contributed by atoms with E-state index in [0.717, 1.165) is 12.0 Å². The van der Waals surface area contributed by atoms with Gasteiger partial charge in [-0.1, -0.05) is 52.0 Å². The maximum Gasteiger partial charge on any atom is 0.285 e. The minimum atomic E-state index is -2.80. The smallest absolute Gasteiger partial charge is 0.285 e. The van der Waals surface area contributed by atoms with E-state index in [1.807, 2.05) is 6.92 Å². The lowest BCUT2D eigenvalue weighted by atomic mass is 9.86. The second kappa shape index (κ2) is 5.79. The lowest BCUT2D eigenvalue weighted by molar-refractivity contribution is -0.00294. The molecule has 102 valence electrons.